The van der Waals surface area contributed by atoms with Gasteiger partial charge < -0.3 is 4.90 Å². The molecule has 0 amide bonds. The molecule has 1 N–H and O–H groups in total. The number of benzene rings is 2. The molecule has 0 atom stereocenters. The Kier molecular flexibility index (Phi) is 8.15. The van der Waals surface area contributed by atoms with Crippen LogP contribution in [0.4, 0.5) is 10.8 Å². The molecule has 0 aliphatic rings. The minimum absolute atomic E-state index is 0.570. The first-order chi connectivity index (χ1) is 13.7. The average Bonchev–Trinajstić information content (AvgIpc) is 3.18. The first kappa shape index (κ1) is 21.1. The third kappa shape index (κ3) is 5.95. The van der Waals surface area contributed by atoms with Crippen LogP contribution >= 0.6 is 50.5 Å². The minimum atomic E-state index is 0.570. The summed E-state index contributed by atoms with van der Waals surface area (Å²) in [6.07, 6.45) is 1.78. The molecule has 3 aromatic rings. The predicted molar refractivity (Wildman–Crippen MR) is 127 cm³/mol. The van der Waals surface area contributed by atoms with E-state index in [2.05, 4.69) is 48.5 Å². The van der Waals surface area contributed by atoms with Crippen molar-refractivity contribution < 1.29 is 0 Å². The number of aromatic nitrogens is 1. The second kappa shape index (κ2) is 10.8. The number of hydrazone groups is 1. The van der Waals surface area contributed by atoms with Crippen LogP contribution in [0.2, 0.25) is 0 Å². The fourth-order valence-corrected chi connectivity index (χ4v) is 3.93. The van der Waals surface area contributed by atoms with Crippen LogP contribution in [-0.4, -0.2) is 36.0 Å². The number of rotatable bonds is 9. The summed E-state index contributed by atoms with van der Waals surface area (Å²) in [6, 6.07) is 16.2. The van der Waals surface area contributed by atoms with E-state index in [1.165, 1.54) is 11.3 Å². The molecule has 0 saturated carbocycles. The van der Waals surface area contributed by atoms with E-state index < -0.39 is 0 Å². The van der Waals surface area contributed by atoms with Gasteiger partial charge in [-0.3, -0.25) is 5.43 Å². The van der Waals surface area contributed by atoms with Crippen LogP contribution in [0.1, 0.15) is 5.56 Å². The van der Waals surface area contributed by atoms with Gasteiger partial charge in [-0.15, -0.1) is 34.5 Å². The lowest BCUT2D eigenvalue weighted by Crippen LogP contribution is -2.27. The van der Waals surface area contributed by atoms with Gasteiger partial charge in [0.1, 0.15) is 0 Å². The zero-order chi connectivity index (χ0) is 19.8. The Bertz CT molecular complexity index is 891. The second-order valence-corrected chi connectivity index (χ2v) is 8.40. The highest BCUT2D eigenvalue weighted by Crippen LogP contribution is 2.26. The highest BCUT2D eigenvalue weighted by atomic mass is 79.9. The average molecular weight is 498 g/mol. The van der Waals surface area contributed by atoms with Crippen molar-refractivity contribution >= 4 is 67.5 Å². The molecule has 4 nitrogen and oxygen atoms in total. The maximum absolute atomic E-state index is 5.87. The largest absolute Gasteiger partial charge is 0.369 e. The lowest BCUT2D eigenvalue weighted by molar-refractivity contribution is 0.874. The molecule has 0 saturated heterocycles. The molecule has 0 fully saturated rings. The maximum Gasteiger partial charge on any atom is 0.203 e. The van der Waals surface area contributed by atoms with Crippen molar-refractivity contribution in [1.29, 1.82) is 0 Å². The van der Waals surface area contributed by atoms with Gasteiger partial charge in [-0.2, -0.15) is 5.10 Å². The number of nitrogens with one attached hydrogen (secondary N) is 1. The van der Waals surface area contributed by atoms with Crippen molar-refractivity contribution in [3.8, 4) is 11.3 Å². The van der Waals surface area contributed by atoms with E-state index in [9.17, 15) is 0 Å². The topological polar surface area (TPSA) is 40.5 Å². The number of nitrogens with zero attached hydrogens (tertiary/aromatic N) is 3. The molecule has 0 unspecified atom stereocenters. The monoisotopic (exact) mass is 496 g/mol. The Labute approximate surface area is 187 Å². The standard InChI is InChI=1S/C20H19BrCl2N4S/c21-17-5-3-16(4-6-17)19-14-28-20(25-19)26-24-13-15-1-7-18(8-2-15)27(11-9-22)12-10-23/h1-8,13-14H,9-12H2,(H,25,26)/b24-13+. The lowest BCUT2D eigenvalue weighted by Gasteiger charge is -2.22. The molecule has 0 spiro atoms. The van der Waals surface area contributed by atoms with Gasteiger partial charge in [-0.05, 0) is 29.8 Å². The van der Waals surface area contributed by atoms with Gasteiger partial charge in [0, 0.05) is 46.0 Å². The third-order valence-corrected chi connectivity index (χ3v) is 5.60. The quantitative estimate of drug-likeness (QED) is 0.214. The summed E-state index contributed by atoms with van der Waals surface area (Å²) < 4.78 is 1.05. The maximum atomic E-state index is 5.87. The molecule has 1 aromatic heterocycles. The van der Waals surface area contributed by atoms with Gasteiger partial charge in [0.25, 0.3) is 0 Å². The number of hydrogen-bond acceptors (Lipinski definition) is 5. The van der Waals surface area contributed by atoms with Crippen LogP contribution < -0.4 is 10.3 Å². The van der Waals surface area contributed by atoms with E-state index in [1.54, 1.807) is 6.21 Å². The van der Waals surface area contributed by atoms with Crippen molar-refractivity contribution in [1.82, 2.24) is 4.98 Å². The number of halogens is 3. The van der Waals surface area contributed by atoms with E-state index >= 15 is 0 Å². The van der Waals surface area contributed by atoms with Crippen molar-refractivity contribution in [3.05, 3.63) is 63.9 Å². The molecular formula is C20H19BrCl2N4S. The van der Waals surface area contributed by atoms with Crippen molar-refractivity contribution in [2.75, 3.05) is 35.2 Å². The molecule has 28 heavy (non-hydrogen) atoms. The minimum Gasteiger partial charge on any atom is -0.369 e. The fraction of sp³-hybridized carbons (Fsp3) is 0.200. The molecule has 2 aromatic carbocycles. The zero-order valence-corrected chi connectivity index (χ0v) is 18.9. The molecule has 0 bridgehead atoms. The summed E-state index contributed by atoms with van der Waals surface area (Å²) in [6.45, 7) is 1.54. The van der Waals surface area contributed by atoms with Crippen LogP contribution in [0.3, 0.4) is 0 Å². The molecule has 146 valence electrons. The lowest BCUT2D eigenvalue weighted by atomic mass is 10.2. The molecular weight excluding hydrogens is 479 g/mol. The van der Waals surface area contributed by atoms with E-state index in [-0.39, 0.29) is 0 Å². The van der Waals surface area contributed by atoms with E-state index in [0.717, 1.165) is 45.2 Å². The summed E-state index contributed by atoms with van der Waals surface area (Å²) in [5.74, 6) is 1.14. The summed E-state index contributed by atoms with van der Waals surface area (Å²) >= 11 is 16.7. The van der Waals surface area contributed by atoms with Gasteiger partial charge in [0.05, 0.1) is 11.9 Å². The van der Waals surface area contributed by atoms with Gasteiger partial charge >= 0.3 is 0 Å². The number of thiazole rings is 1. The van der Waals surface area contributed by atoms with E-state index in [4.69, 9.17) is 23.2 Å². The highest BCUT2D eigenvalue weighted by molar-refractivity contribution is 9.10. The van der Waals surface area contributed by atoms with Crippen LogP contribution in [0, 0.1) is 0 Å². The van der Waals surface area contributed by atoms with Crippen molar-refractivity contribution in [3.63, 3.8) is 0 Å². The first-order valence-electron chi connectivity index (χ1n) is 8.67. The van der Waals surface area contributed by atoms with Crippen LogP contribution in [0.5, 0.6) is 0 Å². The Morgan fingerprint density at radius 1 is 1.04 bits per heavy atom. The van der Waals surface area contributed by atoms with Gasteiger partial charge in [-0.1, -0.05) is 40.2 Å². The highest BCUT2D eigenvalue weighted by Gasteiger charge is 2.05. The number of hydrogen-bond donors (Lipinski definition) is 1. The van der Waals surface area contributed by atoms with Crippen LogP contribution in [0.25, 0.3) is 11.3 Å². The summed E-state index contributed by atoms with van der Waals surface area (Å²) in [7, 11) is 0. The van der Waals surface area contributed by atoms with Gasteiger partial charge in [0.15, 0.2) is 0 Å². The van der Waals surface area contributed by atoms with Gasteiger partial charge in [-0.25, -0.2) is 4.98 Å². The molecule has 3 rings (SSSR count). The van der Waals surface area contributed by atoms with Gasteiger partial charge in [0.2, 0.25) is 5.13 Å². The Balaban J connectivity index is 1.59. The number of alkyl halides is 2. The summed E-state index contributed by atoms with van der Waals surface area (Å²) in [5.41, 5.74) is 7.10. The Hall–Kier alpha value is -1.60. The normalized spacial score (nSPS) is 11.1. The molecule has 1 heterocycles. The van der Waals surface area contributed by atoms with Crippen molar-refractivity contribution in [2.45, 2.75) is 0 Å². The summed E-state index contributed by atoms with van der Waals surface area (Å²) in [4.78, 5) is 6.73. The Morgan fingerprint density at radius 3 is 2.36 bits per heavy atom. The van der Waals surface area contributed by atoms with Crippen molar-refractivity contribution in [2.24, 2.45) is 5.10 Å². The summed E-state index contributed by atoms with van der Waals surface area (Å²) in [5, 5.41) is 7.05. The molecule has 0 radical (unpaired) electrons. The second-order valence-electron chi connectivity index (χ2n) is 5.87. The molecule has 0 aliphatic heterocycles. The zero-order valence-electron chi connectivity index (χ0n) is 15.0. The number of anilines is 2. The van der Waals surface area contributed by atoms with Crippen LogP contribution in [-0.2, 0) is 0 Å². The Morgan fingerprint density at radius 2 is 1.71 bits per heavy atom. The SMILES string of the molecule is ClCCN(CCCl)c1ccc(/C=N/Nc2nc(-c3ccc(Br)cc3)cs2)cc1. The fourth-order valence-electron chi connectivity index (χ4n) is 2.59. The predicted octanol–water partition coefficient (Wildman–Crippen LogP) is 6.30. The van der Waals surface area contributed by atoms with E-state index in [1.807, 2.05) is 41.8 Å². The van der Waals surface area contributed by atoms with E-state index in [0.29, 0.717) is 11.8 Å². The smallest absolute Gasteiger partial charge is 0.203 e. The van der Waals surface area contributed by atoms with Crippen LogP contribution in [0.15, 0.2) is 63.5 Å². The molecule has 0 aliphatic carbocycles. The first-order valence-corrected chi connectivity index (χ1v) is 11.4. The molecule has 8 heteroatoms. The third-order valence-electron chi connectivity index (χ3n) is 3.99.